The van der Waals surface area contributed by atoms with Crippen molar-refractivity contribution in [2.45, 2.75) is 51.2 Å². The third kappa shape index (κ3) is 4.10. The van der Waals surface area contributed by atoms with Gasteiger partial charge in [-0.2, -0.15) is 0 Å². The number of nitrogens with zero attached hydrogens (tertiary/aromatic N) is 1. The number of esters is 1. The minimum Gasteiger partial charge on any atom is -0.468 e. The van der Waals surface area contributed by atoms with Crippen molar-refractivity contribution in [2.24, 2.45) is 0 Å². The van der Waals surface area contributed by atoms with Crippen molar-refractivity contribution in [3.05, 3.63) is 0 Å². The first-order valence-electron chi connectivity index (χ1n) is 6.16. The average Bonchev–Trinajstić information content (AvgIpc) is 2.81. The summed E-state index contributed by atoms with van der Waals surface area (Å²) in [5.74, 6) is -0.213. The highest BCUT2D eigenvalue weighted by Crippen LogP contribution is 2.23. The smallest absolute Gasteiger partial charge is 0.319 e. The lowest BCUT2D eigenvalue weighted by Crippen LogP contribution is -2.42. The Morgan fingerprint density at radius 2 is 2.12 bits per heavy atom. The normalized spacial score (nSPS) is 19.0. The zero-order valence-electron chi connectivity index (χ0n) is 10.3. The van der Waals surface area contributed by atoms with Crippen molar-refractivity contribution in [1.82, 2.24) is 4.90 Å². The molecule has 0 heterocycles. The van der Waals surface area contributed by atoms with E-state index in [0.29, 0.717) is 19.1 Å². The predicted molar refractivity (Wildman–Crippen MR) is 62.1 cm³/mol. The molecule has 0 radical (unpaired) electrons. The lowest BCUT2D eigenvalue weighted by molar-refractivity contribution is -0.142. The Morgan fingerprint density at radius 3 is 2.62 bits per heavy atom. The van der Waals surface area contributed by atoms with Gasteiger partial charge >= 0.3 is 5.97 Å². The first-order valence-corrected chi connectivity index (χ1v) is 6.16. The molecule has 0 aromatic rings. The van der Waals surface area contributed by atoms with E-state index in [1.54, 1.807) is 0 Å². The van der Waals surface area contributed by atoms with E-state index in [1.165, 1.54) is 20.0 Å². The Labute approximate surface area is 97.6 Å². The van der Waals surface area contributed by atoms with Crippen LogP contribution >= 0.6 is 0 Å². The lowest BCUT2D eigenvalue weighted by Gasteiger charge is -2.29. The third-order valence-electron chi connectivity index (χ3n) is 3.32. The first-order chi connectivity index (χ1) is 7.67. The monoisotopic (exact) mass is 229 g/mol. The number of rotatable bonds is 6. The van der Waals surface area contributed by atoms with E-state index >= 15 is 0 Å². The number of hydrogen-bond acceptors (Lipinski definition) is 4. The summed E-state index contributed by atoms with van der Waals surface area (Å²) >= 11 is 0. The molecular formula is C12H23NO3. The van der Waals surface area contributed by atoms with Gasteiger partial charge in [0.25, 0.3) is 0 Å². The Bertz CT molecular complexity index is 214. The molecule has 4 nitrogen and oxygen atoms in total. The van der Waals surface area contributed by atoms with Crippen molar-refractivity contribution >= 4 is 5.97 Å². The van der Waals surface area contributed by atoms with E-state index in [1.807, 2.05) is 6.92 Å². The van der Waals surface area contributed by atoms with Crippen LogP contribution in [0.4, 0.5) is 0 Å². The molecule has 0 aromatic carbocycles. The van der Waals surface area contributed by atoms with Crippen LogP contribution in [0.2, 0.25) is 0 Å². The Balaban J connectivity index is 2.49. The van der Waals surface area contributed by atoms with E-state index in [0.717, 1.165) is 19.3 Å². The van der Waals surface area contributed by atoms with Crippen molar-refractivity contribution in [2.75, 3.05) is 20.2 Å². The van der Waals surface area contributed by atoms with Gasteiger partial charge in [-0.15, -0.1) is 0 Å². The van der Waals surface area contributed by atoms with Crippen LogP contribution in [-0.2, 0) is 9.53 Å². The second-order valence-corrected chi connectivity index (χ2v) is 4.51. The number of ether oxygens (including phenoxy) is 1. The molecule has 1 aliphatic rings. The van der Waals surface area contributed by atoms with E-state index in [4.69, 9.17) is 4.74 Å². The van der Waals surface area contributed by atoms with Gasteiger partial charge in [0.15, 0.2) is 0 Å². The van der Waals surface area contributed by atoms with Gasteiger partial charge in [-0.1, -0.05) is 19.8 Å². The molecule has 0 bridgehead atoms. The van der Waals surface area contributed by atoms with Crippen LogP contribution in [0.5, 0.6) is 0 Å². The molecular weight excluding hydrogens is 206 g/mol. The average molecular weight is 229 g/mol. The maximum Gasteiger partial charge on any atom is 0.319 e. The fraction of sp³-hybridized carbons (Fsp3) is 0.917. The van der Waals surface area contributed by atoms with Crippen LogP contribution in [0.1, 0.15) is 39.0 Å². The van der Waals surface area contributed by atoms with Gasteiger partial charge in [0, 0.05) is 12.6 Å². The van der Waals surface area contributed by atoms with Gasteiger partial charge in [-0.05, 0) is 19.3 Å². The molecule has 0 unspecified atom stereocenters. The molecule has 0 spiro atoms. The molecule has 1 atom stereocenters. The molecule has 16 heavy (non-hydrogen) atoms. The van der Waals surface area contributed by atoms with E-state index in [-0.39, 0.29) is 12.1 Å². The minimum absolute atomic E-state index is 0.213. The quantitative estimate of drug-likeness (QED) is 0.695. The van der Waals surface area contributed by atoms with Crippen LogP contribution in [0.15, 0.2) is 0 Å². The molecule has 1 aliphatic carbocycles. The Kier molecular flexibility index (Phi) is 5.77. The number of aliphatic hydroxyl groups is 1. The lowest BCUT2D eigenvalue weighted by atomic mass is 10.1. The van der Waals surface area contributed by atoms with Crippen molar-refractivity contribution in [1.29, 1.82) is 0 Å². The molecule has 0 amide bonds. The fourth-order valence-electron chi connectivity index (χ4n) is 2.24. The van der Waals surface area contributed by atoms with Crippen LogP contribution in [0.3, 0.4) is 0 Å². The summed E-state index contributed by atoms with van der Waals surface area (Å²) < 4.78 is 4.69. The van der Waals surface area contributed by atoms with Crippen LogP contribution in [0, 0.1) is 0 Å². The van der Waals surface area contributed by atoms with Gasteiger partial charge in [0.1, 0.15) is 0 Å². The maximum absolute atomic E-state index is 11.3. The summed E-state index contributed by atoms with van der Waals surface area (Å²) in [6, 6.07) is 0.445. The largest absolute Gasteiger partial charge is 0.468 e. The summed E-state index contributed by atoms with van der Waals surface area (Å²) in [5.41, 5.74) is 0. The Hall–Kier alpha value is -0.610. The zero-order valence-corrected chi connectivity index (χ0v) is 10.3. The number of hydrogen-bond donors (Lipinski definition) is 1. The second kappa shape index (κ2) is 6.86. The summed E-state index contributed by atoms with van der Waals surface area (Å²) in [7, 11) is 1.41. The van der Waals surface area contributed by atoms with Crippen molar-refractivity contribution in [3.8, 4) is 0 Å². The third-order valence-corrected chi connectivity index (χ3v) is 3.32. The maximum atomic E-state index is 11.3. The topological polar surface area (TPSA) is 49.8 Å². The van der Waals surface area contributed by atoms with Gasteiger partial charge in [0.2, 0.25) is 0 Å². The molecule has 1 fully saturated rings. The summed E-state index contributed by atoms with van der Waals surface area (Å²) in [5, 5.41) is 9.68. The predicted octanol–water partition coefficient (Wildman–Crippen LogP) is 1.17. The minimum atomic E-state index is -0.342. The molecule has 1 rings (SSSR count). The number of aliphatic hydroxyl groups excluding tert-OH is 1. The molecule has 1 N–H and O–H groups in total. The molecule has 94 valence electrons. The summed E-state index contributed by atoms with van der Waals surface area (Å²) in [6.45, 7) is 2.84. The fourth-order valence-corrected chi connectivity index (χ4v) is 2.24. The van der Waals surface area contributed by atoms with Gasteiger partial charge in [0.05, 0.1) is 19.8 Å². The highest BCUT2D eigenvalue weighted by Gasteiger charge is 2.25. The number of methoxy groups -OCH3 is 1. The van der Waals surface area contributed by atoms with Crippen molar-refractivity contribution in [3.63, 3.8) is 0 Å². The van der Waals surface area contributed by atoms with Crippen LogP contribution in [-0.4, -0.2) is 48.3 Å². The summed E-state index contributed by atoms with van der Waals surface area (Å²) in [6.07, 6.45) is 5.10. The summed E-state index contributed by atoms with van der Waals surface area (Å²) in [4.78, 5) is 13.4. The van der Waals surface area contributed by atoms with Crippen LogP contribution < -0.4 is 0 Å². The standard InChI is InChI=1S/C12H23NO3/c1-3-11(14)8-13(9-12(15)16-2)10-6-4-5-7-10/h10-11,14H,3-9H2,1-2H3/t11-/m1/s1. The van der Waals surface area contributed by atoms with Gasteiger partial charge < -0.3 is 9.84 Å². The molecule has 1 saturated carbocycles. The van der Waals surface area contributed by atoms with E-state index in [2.05, 4.69) is 4.90 Å². The highest BCUT2D eigenvalue weighted by atomic mass is 16.5. The molecule has 0 aliphatic heterocycles. The zero-order chi connectivity index (χ0) is 12.0. The van der Waals surface area contributed by atoms with E-state index in [9.17, 15) is 9.90 Å². The van der Waals surface area contributed by atoms with Gasteiger partial charge in [-0.3, -0.25) is 9.69 Å². The second-order valence-electron chi connectivity index (χ2n) is 4.51. The molecule has 0 saturated heterocycles. The highest BCUT2D eigenvalue weighted by molar-refractivity contribution is 5.71. The Morgan fingerprint density at radius 1 is 1.50 bits per heavy atom. The first kappa shape index (κ1) is 13.5. The number of carbonyl (C=O) groups is 1. The molecule has 4 heteroatoms. The van der Waals surface area contributed by atoms with E-state index < -0.39 is 0 Å². The SMILES string of the molecule is CC[C@@H](O)CN(CC(=O)OC)C1CCCC1. The van der Waals surface area contributed by atoms with Crippen molar-refractivity contribution < 1.29 is 14.6 Å². The number of carbonyl (C=O) groups excluding carboxylic acids is 1. The van der Waals surface area contributed by atoms with Gasteiger partial charge in [-0.25, -0.2) is 0 Å². The molecule has 0 aromatic heterocycles. The van der Waals surface area contributed by atoms with Crippen LogP contribution in [0.25, 0.3) is 0 Å².